The first kappa shape index (κ1) is 15.9. The highest BCUT2D eigenvalue weighted by Crippen LogP contribution is 2.11. The van der Waals surface area contributed by atoms with Gasteiger partial charge >= 0.3 is 0 Å². The van der Waals surface area contributed by atoms with Crippen LogP contribution in [0.15, 0.2) is 24.3 Å². The molecule has 0 aliphatic rings. The summed E-state index contributed by atoms with van der Waals surface area (Å²) in [5, 5.41) is 12.1. The molecule has 0 saturated heterocycles. The number of unbranched alkanes of at least 4 members (excludes halogenated alkanes) is 2. The topological polar surface area (TPSA) is 49.3 Å². The number of aromatic hydroxyl groups is 1. The number of hydrogen-bond acceptors (Lipinski definition) is 3. The normalized spacial score (nSPS) is 10.4. The molecule has 0 unspecified atom stereocenters. The van der Waals surface area contributed by atoms with Gasteiger partial charge in [-0.15, -0.1) is 0 Å². The van der Waals surface area contributed by atoms with Crippen molar-refractivity contribution in [3.05, 3.63) is 29.8 Å². The molecule has 2 N–H and O–H groups in total. The van der Waals surface area contributed by atoms with Crippen LogP contribution in [0.4, 0.5) is 0 Å². The van der Waals surface area contributed by atoms with Gasteiger partial charge in [0.25, 0.3) is 0 Å². The number of amides is 1. The maximum absolute atomic E-state index is 11.6. The zero-order valence-electron chi connectivity index (χ0n) is 11.5. The molecule has 19 heavy (non-hydrogen) atoms. The minimum Gasteiger partial charge on any atom is -0.508 e. The van der Waals surface area contributed by atoms with Crippen LogP contribution in [-0.2, 0) is 11.2 Å². The lowest BCUT2D eigenvalue weighted by atomic mass is 10.1. The first-order valence-electron chi connectivity index (χ1n) is 6.76. The molecule has 3 nitrogen and oxygen atoms in total. The Kier molecular flexibility index (Phi) is 8.14. The summed E-state index contributed by atoms with van der Waals surface area (Å²) in [5.74, 6) is 1.57. The molecule has 0 heterocycles. The molecule has 1 aromatic carbocycles. The van der Waals surface area contributed by atoms with E-state index in [1.807, 2.05) is 23.9 Å². The second-order valence-electron chi connectivity index (χ2n) is 4.57. The summed E-state index contributed by atoms with van der Waals surface area (Å²) < 4.78 is 0. The van der Waals surface area contributed by atoms with Crippen molar-refractivity contribution in [2.24, 2.45) is 0 Å². The Bertz CT molecular complexity index is 365. The van der Waals surface area contributed by atoms with Crippen molar-refractivity contribution in [3.8, 4) is 5.75 Å². The van der Waals surface area contributed by atoms with Crippen molar-refractivity contribution in [2.75, 3.05) is 18.6 Å². The molecule has 0 atom stereocenters. The second-order valence-corrected chi connectivity index (χ2v) is 5.56. The molecule has 0 aliphatic heterocycles. The number of carbonyl (C=O) groups excluding carboxylic acids is 1. The fraction of sp³-hybridized carbons (Fsp3) is 0.533. The Morgan fingerprint density at radius 3 is 2.63 bits per heavy atom. The van der Waals surface area contributed by atoms with E-state index in [1.54, 1.807) is 12.1 Å². The van der Waals surface area contributed by atoms with Gasteiger partial charge in [-0.2, -0.15) is 11.8 Å². The molecule has 0 aliphatic carbocycles. The first-order valence-corrected chi connectivity index (χ1v) is 8.15. The van der Waals surface area contributed by atoms with Crippen molar-refractivity contribution >= 4 is 17.7 Å². The number of aryl methyl sites for hydroxylation is 1. The van der Waals surface area contributed by atoms with Crippen LogP contribution in [0.5, 0.6) is 5.75 Å². The molecule has 0 fully saturated rings. The molecule has 106 valence electrons. The molecule has 1 aromatic rings. The molecule has 0 spiro atoms. The molecule has 1 rings (SSSR count). The van der Waals surface area contributed by atoms with Gasteiger partial charge in [-0.05, 0) is 49.0 Å². The molecule has 4 heteroatoms. The Labute approximate surface area is 119 Å². The van der Waals surface area contributed by atoms with Gasteiger partial charge < -0.3 is 10.4 Å². The molecule has 0 bridgehead atoms. The number of carbonyl (C=O) groups is 1. The first-order chi connectivity index (χ1) is 9.22. The summed E-state index contributed by atoms with van der Waals surface area (Å²) in [6.45, 7) is 0.781. The molecule has 0 radical (unpaired) electrons. The monoisotopic (exact) mass is 281 g/mol. The summed E-state index contributed by atoms with van der Waals surface area (Å²) in [6.07, 6.45) is 6.81. The third kappa shape index (κ3) is 7.78. The largest absolute Gasteiger partial charge is 0.508 e. The van der Waals surface area contributed by atoms with Gasteiger partial charge in [0.2, 0.25) is 5.91 Å². The maximum Gasteiger partial charge on any atom is 0.220 e. The van der Waals surface area contributed by atoms with Crippen molar-refractivity contribution in [3.63, 3.8) is 0 Å². The maximum atomic E-state index is 11.6. The Morgan fingerprint density at radius 2 is 1.95 bits per heavy atom. The average Bonchev–Trinajstić information content (AvgIpc) is 2.42. The van der Waals surface area contributed by atoms with E-state index in [0.29, 0.717) is 6.42 Å². The number of phenols is 1. The van der Waals surface area contributed by atoms with Crippen molar-refractivity contribution in [1.82, 2.24) is 5.32 Å². The smallest absolute Gasteiger partial charge is 0.220 e. The van der Waals surface area contributed by atoms with E-state index >= 15 is 0 Å². The van der Waals surface area contributed by atoms with Gasteiger partial charge in [0.15, 0.2) is 0 Å². The van der Waals surface area contributed by atoms with Crippen molar-refractivity contribution in [2.45, 2.75) is 32.1 Å². The number of rotatable bonds is 9. The fourth-order valence-electron chi connectivity index (χ4n) is 1.78. The number of hydrogen-bond donors (Lipinski definition) is 2. The lowest BCUT2D eigenvalue weighted by Gasteiger charge is -2.05. The number of nitrogens with one attached hydrogen (secondary N) is 1. The van der Waals surface area contributed by atoms with Crippen LogP contribution in [0.2, 0.25) is 0 Å². The summed E-state index contributed by atoms with van der Waals surface area (Å²) in [4.78, 5) is 11.6. The second kappa shape index (κ2) is 9.73. The van der Waals surface area contributed by atoms with Gasteiger partial charge in [0, 0.05) is 13.0 Å². The highest BCUT2D eigenvalue weighted by Gasteiger charge is 2.01. The summed E-state index contributed by atoms with van der Waals surface area (Å²) >= 11 is 1.87. The van der Waals surface area contributed by atoms with Gasteiger partial charge in [-0.25, -0.2) is 0 Å². The predicted octanol–water partition coefficient (Wildman–Crippen LogP) is 2.97. The van der Waals surface area contributed by atoms with Crippen molar-refractivity contribution < 1.29 is 9.90 Å². The molecular formula is C15H23NO2S. The van der Waals surface area contributed by atoms with E-state index in [1.165, 1.54) is 18.6 Å². The molecule has 0 aromatic heterocycles. The lowest BCUT2D eigenvalue weighted by Crippen LogP contribution is -2.24. The van der Waals surface area contributed by atoms with Crippen LogP contribution in [0.3, 0.4) is 0 Å². The minimum absolute atomic E-state index is 0.109. The average molecular weight is 281 g/mol. The van der Waals surface area contributed by atoms with Crippen LogP contribution in [0.25, 0.3) is 0 Å². The summed E-state index contributed by atoms with van der Waals surface area (Å²) in [6, 6.07) is 7.01. The lowest BCUT2D eigenvalue weighted by molar-refractivity contribution is -0.121. The minimum atomic E-state index is 0.109. The van der Waals surface area contributed by atoms with Gasteiger partial charge in [0.05, 0.1) is 0 Å². The number of thioether (sulfide) groups is 1. The molecular weight excluding hydrogens is 258 g/mol. The van der Waals surface area contributed by atoms with Crippen LogP contribution < -0.4 is 5.32 Å². The van der Waals surface area contributed by atoms with Gasteiger partial charge in [-0.3, -0.25) is 4.79 Å². The zero-order chi connectivity index (χ0) is 13.9. The Hall–Kier alpha value is -1.16. The highest BCUT2D eigenvalue weighted by molar-refractivity contribution is 7.98. The fourth-order valence-corrected chi connectivity index (χ4v) is 2.28. The predicted molar refractivity (Wildman–Crippen MR) is 81.7 cm³/mol. The van der Waals surface area contributed by atoms with Crippen LogP contribution in [0.1, 0.15) is 31.2 Å². The van der Waals surface area contributed by atoms with E-state index in [9.17, 15) is 4.79 Å². The van der Waals surface area contributed by atoms with Gasteiger partial charge in [-0.1, -0.05) is 18.6 Å². The van der Waals surface area contributed by atoms with E-state index in [-0.39, 0.29) is 11.7 Å². The summed E-state index contributed by atoms with van der Waals surface area (Å²) in [7, 11) is 0. The Morgan fingerprint density at radius 1 is 1.21 bits per heavy atom. The van der Waals surface area contributed by atoms with Crippen LogP contribution in [0, 0.1) is 0 Å². The third-order valence-electron chi connectivity index (χ3n) is 2.92. The van der Waals surface area contributed by atoms with E-state index in [0.717, 1.165) is 24.9 Å². The highest BCUT2D eigenvalue weighted by atomic mass is 32.2. The van der Waals surface area contributed by atoms with E-state index in [2.05, 4.69) is 11.6 Å². The molecule has 1 amide bonds. The number of phenolic OH excluding ortho intramolecular Hbond substituents is 1. The SMILES string of the molecule is CSCCCCCNC(=O)CCc1ccc(O)cc1. The number of benzene rings is 1. The van der Waals surface area contributed by atoms with E-state index < -0.39 is 0 Å². The standard InChI is InChI=1S/C15H23NO2S/c1-19-12-4-2-3-11-16-15(18)10-7-13-5-8-14(17)9-6-13/h5-6,8-9,17H,2-4,7,10-12H2,1H3,(H,16,18). The molecule has 0 saturated carbocycles. The summed E-state index contributed by atoms with van der Waals surface area (Å²) in [5.41, 5.74) is 1.08. The third-order valence-corrected chi connectivity index (χ3v) is 3.62. The van der Waals surface area contributed by atoms with Crippen molar-refractivity contribution in [1.29, 1.82) is 0 Å². The Balaban J connectivity index is 2.06. The quantitative estimate of drug-likeness (QED) is 0.684. The van der Waals surface area contributed by atoms with E-state index in [4.69, 9.17) is 5.11 Å². The van der Waals surface area contributed by atoms with Crippen LogP contribution >= 0.6 is 11.8 Å². The van der Waals surface area contributed by atoms with Gasteiger partial charge in [0.1, 0.15) is 5.75 Å². The van der Waals surface area contributed by atoms with Crippen LogP contribution in [-0.4, -0.2) is 29.6 Å². The zero-order valence-corrected chi connectivity index (χ0v) is 12.3.